The summed E-state index contributed by atoms with van der Waals surface area (Å²) in [5.41, 5.74) is 6.31. The minimum absolute atomic E-state index is 0.0634. The van der Waals surface area contributed by atoms with Crippen molar-refractivity contribution in [2.45, 2.75) is 6.43 Å². The number of nitrogens with one attached hydrogen (secondary N) is 1. The molecule has 0 bridgehead atoms. The Balaban J connectivity index is 1.88. The van der Waals surface area contributed by atoms with Crippen molar-refractivity contribution < 1.29 is 18.3 Å². The summed E-state index contributed by atoms with van der Waals surface area (Å²) in [6.07, 6.45) is -2.49. The van der Waals surface area contributed by atoms with Crippen LogP contribution in [0.1, 0.15) is 9.67 Å². The predicted molar refractivity (Wildman–Crippen MR) is 75.4 cm³/mol. The second-order valence-electron chi connectivity index (χ2n) is 4.13. The minimum atomic E-state index is -2.49. The molecule has 0 spiro atoms. The number of nitrogen functional groups attached to an aromatic ring is 1. The molecule has 3 N–H and O–H groups in total. The molecule has 0 fully saturated rings. The molecular formula is C13H14F2N2O2S. The second kappa shape index (κ2) is 6.62. The molecule has 1 aromatic heterocycles. The van der Waals surface area contributed by atoms with Gasteiger partial charge in [-0.15, -0.1) is 11.3 Å². The zero-order valence-electron chi connectivity index (χ0n) is 10.6. The van der Waals surface area contributed by atoms with Crippen LogP contribution in [0.5, 0.6) is 0 Å². The van der Waals surface area contributed by atoms with Gasteiger partial charge in [0.15, 0.2) is 0 Å². The van der Waals surface area contributed by atoms with Crippen LogP contribution in [0.4, 0.5) is 14.5 Å². The predicted octanol–water partition coefficient (Wildman–Crippen LogP) is 2.50. The average molecular weight is 300 g/mol. The van der Waals surface area contributed by atoms with Gasteiger partial charge in [-0.05, 0) is 29.7 Å². The van der Waals surface area contributed by atoms with E-state index >= 15 is 0 Å². The van der Waals surface area contributed by atoms with Crippen LogP contribution < -0.4 is 11.1 Å². The molecule has 0 atom stereocenters. The Kier molecular flexibility index (Phi) is 4.86. The molecule has 1 amide bonds. The number of carbonyl (C=O) groups is 1. The van der Waals surface area contributed by atoms with Gasteiger partial charge in [0.25, 0.3) is 12.3 Å². The van der Waals surface area contributed by atoms with Crippen LogP contribution in [0.25, 0.3) is 10.1 Å². The third-order valence-electron chi connectivity index (χ3n) is 2.54. The number of anilines is 1. The Hall–Kier alpha value is -1.73. The highest BCUT2D eigenvalue weighted by Crippen LogP contribution is 2.27. The van der Waals surface area contributed by atoms with Crippen molar-refractivity contribution >= 4 is 33.0 Å². The number of benzene rings is 1. The summed E-state index contributed by atoms with van der Waals surface area (Å²) in [4.78, 5) is 12.4. The van der Waals surface area contributed by atoms with E-state index in [2.05, 4.69) is 10.1 Å². The number of hydrogen-bond acceptors (Lipinski definition) is 4. The number of amides is 1. The SMILES string of the molecule is Nc1ccc2sc(C(=O)NCCOCC(F)F)cc2c1. The summed E-state index contributed by atoms with van der Waals surface area (Å²) in [6.45, 7) is -0.353. The lowest BCUT2D eigenvalue weighted by atomic mass is 10.2. The number of halogens is 2. The van der Waals surface area contributed by atoms with Gasteiger partial charge in [0.05, 0.1) is 11.5 Å². The Morgan fingerprint density at radius 2 is 2.20 bits per heavy atom. The monoisotopic (exact) mass is 300 g/mol. The molecule has 0 aliphatic rings. The highest BCUT2D eigenvalue weighted by atomic mass is 32.1. The van der Waals surface area contributed by atoms with Crippen LogP contribution in [0.15, 0.2) is 24.3 Å². The number of thiophene rings is 1. The fraction of sp³-hybridized carbons (Fsp3) is 0.308. The smallest absolute Gasteiger partial charge is 0.261 e. The standard InChI is InChI=1S/C13H14F2N2O2S/c14-12(15)7-19-4-3-17-13(18)11-6-8-5-9(16)1-2-10(8)20-11/h1-2,5-6,12H,3-4,7,16H2,(H,17,18). The third-order valence-corrected chi connectivity index (χ3v) is 3.65. The number of carbonyl (C=O) groups excluding carboxylic acids is 1. The first kappa shape index (κ1) is 14.7. The molecule has 0 saturated heterocycles. The molecule has 2 aromatic rings. The number of rotatable bonds is 6. The maximum absolute atomic E-state index is 11.9. The van der Waals surface area contributed by atoms with Gasteiger partial charge in [0, 0.05) is 16.9 Å². The van der Waals surface area contributed by atoms with Crippen molar-refractivity contribution in [3.63, 3.8) is 0 Å². The molecule has 0 saturated carbocycles. The summed E-state index contributed by atoms with van der Waals surface area (Å²) in [6, 6.07) is 7.19. The molecule has 0 aliphatic carbocycles. The number of nitrogens with two attached hydrogens (primary N) is 1. The number of ether oxygens (including phenoxy) is 1. The normalized spacial score (nSPS) is 11.2. The second-order valence-corrected chi connectivity index (χ2v) is 5.21. The average Bonchev–Trinajstić information content (AvgIpc) is 2.80. The first-order chi connectivity index (χ1) is 9.56. The highest BCUT2D eigenvalue weighted by Gasteiger charge is 2.10. The van der Waals surface area contributed by atoms with Gasteiger partial charge >= 0.3 is 0 Å². The van der Waals surface area contributed by atoms with E-state index in [1.807, 2.05) is 6.07 Å². The molecule has 4 nitrogen and oxygen atoms in total. The number of hydrogen-bond donors (Lipinski definition) is 2. The first-order valence-corrected chi connectivity index (χ1v) is 6.81. The van der Waals surface area contributed by atoms with Crippen LogP contribution in [0.2, 0.25) is 0 Å². The third kappa shape index (κ3) is 3.88. The quantitative estimate of drug-likeness (QED) is 0.636. The Labute approximate surface area is 118 Å². The number of fused-ring (bicyclic) bond motifs is 1. The molecule has 0 aliphatic heterocycles. The minimum Gasteiger partial charge on any atom is -0.399 e. The Bertz CT molecular complexity index is 601. The van der Waals surface area contributed by atoms with Gasteiger partial charge < -0.3 is 15.8 Å². The molecule has 108 valence electrons. The Morgan fingerprint density at radius 1 is 1.40 bits per heavy atom. The van der Waals surface area contributed by atoms with Crippen LogP contribution in [0, 0.1) is 0 Å². The topological polar surface area (TPSA) is 64.4 Å². The van der Waals surface area contributed by atoms with Crippen LogP contribution in [0.3, 0.4) is 0 Å². The summed E-state index contributed by atoms with van der Waals surface area (Å²) in [5.74, 6) is -0.245. The van der Waals surface area contributed by atoms with Gasteiger partial charge in [-0.3, -0.25) is 4.79 Å². The van der Waals surface area contributed by atoms with E-state index in [0.717, 1.165) is 10.1 Å². The van der Waals surface area contributed by atoms with Crippen LogP contribution in [-0.2, 0) is 4.74 Å². The van der Waals surface area contributed by atoms with Crippen molar-refractivity contribution in [1.29, 1.82) is 0 Å². The Morgan fingerprint density at radius 3 is 2.95 bits per heavy atom. The lowest BCUT2D eigenvalue weighted by Gasteiger charge is -2.04. The van der Waals surface area contributed by atoms with Crippen LogP contribution >= 0.6 is 11.3 Å². The van der Waals surface area contributed by atoms with Crippen molar-refractivity contribution in [3.05, 3.63) is 29.1 Å². The van der Waals surface area contributed by atoms with E-state index in [9.17, 15) is 13.6 Å². The van der Waals surface area contributed by atoms with Gasteiger partial charge in [-0.2, -0.15) is 0 Å². The summed E-state index contributed by atoms with van der Waals surface area (Å²) >= 11 is 1.35. The fourth-order valence-corrected chi connectivity index (χ4v) is 2.63. The van der Waals surface area contributed by atoms with E-state index in [0.29, 0.717) is 10.6 Å². The van der Waals surface area contributed by atoms with E-state index in [-0.39, 0.29) is 19.1 Å². The fourth-order valence-electron chi connectivity index (χ4n) is 1.67. The highest BCUT2D eigenvalue weighted by molar-refractivity contribution is 7.20. The lowest BCUT2D eigenvalue weighted by molar-refractivity contribution is 0.0188. The largest absolute Gasteiger partial charge is 0.399 e. The molecular weight excluding hydrogens is 286 g/mol. The van der Waals surface area contributed by atoms with Gasteiger partial charge in [-0.25, -0.2) is 8.78 Å². The molecule has 2 rings (SSSR count). The first-order valence-electron chi connectivity index (χ1n) is 5.99. The van der Waals surface area contributed by atoms with E-state index < -0.39 is 13.0 Å². The zero-order valence-corrected chi connectivity index (χ0v) is 11.4. The van der Waals surface area contributed by atoms with Crippen molar-refractivity contribution in [2.24, 2.45) is 0 Å². The van der Waals surface area contributed by atoms with E-state index in [1.54, 1.807) is 18.2 Å². The molecule has 0 unspecified atom stereocenters. The van der Waals surface area contributed by atoms with Gasteiger partial charge in [-0.1, -0.05) is 0 Å². The maximum atomic E-state index is 11.9. The van der Waals surface area contributed by atoms with E-state index in [1.165, 1.54) is 11.3 Å². The molecule has 0 radical (unpaired) electrons. The van der Waals surface area contributed by atoms with Crippen molar-refractivity contribution in [2.75, 3.05) is 25.5 Å². The molecule has 1 heterocycles. The van der Waals surface area contributed by atoms with Crippen molar-refractivity contribution in [3.8, 4) is 0 Å². The number of alkyl halides is 2. The summed E-state index contributed by atoms with van der Waals surface area (Å²) in [7, 11) is 0. The van der Waals surface area contributed by atoms with Crippen molar-refractivity contribution in [1.82, 2.24) is 5.32 Å². The maximum Gasteiger partial charge on any atom is 0.261 e. The lowest BCUT2D eigenvalue weighted by Crippen LogP contribution is -2.27. The van der Waals surface area contributed by atoms with E-state index in [4.69, 9.17) is 5.73 Å². The van der Waals surface area contributed by atoms with Crippen LogP contribution in [-0.4, -0.2) is 32.1 Å². The zero-order chi connectivity index (χ0) is 14.5. The molecule has 1 aromatic carbocycles. The summed E-state index contributed by atoms with van der Waals surface area (Å²) in [5, 5.41) is 3.53. The molecule has 20 heavy (non-hydrogen) atoms. The van der Waals surface area contributed by atoms with Gasteiger partial charge in [0.2, 0.25) is 0 Å². The summed E-state index contributed by atoms with van der Waals surface area (Å²) < 4.78 is 29.3. The molecule has 7 heteroatoms. The van der Waals surface area contributed by atoms with Gasteiger partial charge in [0.1, 0.15) is 6.61 Å².